The first-order chi connectivity index (χ1) is 14.4. The predicted octanol–water partition coefficient (Wildman–Crippen LogP) is 6.40. The van der Waals surface area contributed by atoms with Crippen LogP contribution in [0.25, 0.3) is 10.9 Å². The third-order valence-corrected chi connectivity index (χ3v) is 3.83. The third kappa shape index (κ3) is 6.70. The summed E-state index contributed by atoms with van der Waals surface area (Å²) in [5, 5.41) is 15.3. The molecule has 168 valence electrons. The highest BCUT2D eigenvalue weighted by atomic mass is 19.2. The van der Waals surface area contributed by atoms with E-state index in [-0.39, 0.29) is 22.3 Å². The first-order valence-corrected chi connectivity index (χ1v) is 10.2. The van der Waals surface area contributed by atoms with E-state index in [2.05, 4.69) is 32.7 Å². The maximum Gasteiger partial charge on any atom is 0.229 e. The molecule has 0 saturated carbocycles. The summed E-state index contributed by atoms with van der Waals surface area (Å²) in [6.45, 7) is 14.7. The Balaban J connectivity index is 0.000000605. The summed E-state index contributed by atoms with van der Waals surface area (Å²) in [6.07, 6.45) is 0.853. The molecule has 0 aliphatic rings. The number of halogens is 2. The minimum Gasteiger partial charge on any atom is -0.329 e. The zero-order chi connectivity index (χ0) is 23.9. The summed E-state index contributed by atoms with van der Waals surface area (Å²) in [4.78, 5) is 5.68. The molecule has 0 radical (unpaired) electrons. The van der Waals surface area contributed by atoms with E-state index in [0.717, 1.165) is 28.2 Å². The summed E-state index contributed by atoms with van der Waals surface area (Å²) in [5.74, 6) is -1.93. The molecule has 5 nitrogen and oxygen atoms in total. The average Bonchev–Trinajstić information content (AvgIpc) is 2.70. The van der Waals surface area contributed by atoms with Crippen LogP contribution in [0.15, 0.2) is 36.4 Å². The van der Waals surface area contributed by atoms with Crippen molar-refractivity contribution in [3.63, 3.8) is 0 Å². The highest BCUT2D eigenvalue weighted by molar-refractivity contribution is 5.94. The van der Waals surface area contributed by atoms with Crippen LogP contribution in [0.2, 0.25) is 0 Å². The van der Waals surface area contributed by atoms with Crippen LogP contribution in [0.3, 0.4) is 0 Å². The van der Waals surface area contributed by atoms with E-state index in [1.165, 1.54) is 6.07 Å². The number of benzene rings is 2. The summed E-state index contributed by atoms with van der Waals surface area (Å²) >= 11 is 0. The van der Waals surface area contributed by atoms with Gasteiger partial charge in [-0.05, 0) is 42.2 Å². The molecule has 2 aromatic carbocycles. The van der Waals surface area contributed by atoms with Crippen molar-refractivity contribution in [1.29, 1.82) is 10.8 Å². The molecule has 3 aromatic rings. The average molecular weight is 430 g/mol. The Bertz CT molecular complexity index is 1090. The number of fused-ring (bicyclic) bond motifs is 1. The Labute approximate surface area is 183 Å². The van der Waals surface area contributed by atoms with Gasteiger partial charge in [0.1, 0.15) is 5.82 Å². The lowest BCUT2D eigenvalue weighted by Gasteiger charge is -2.21. The highest BCUT2D eigenvalue weighted by Crippen LogP contribution is 2.31. The molecule has 0 bridgehead atoms. The van der Waals surface area contributed by atoms with E-state index >= 15 is 0 Å². The van der Waals surface area contributed by atoms with Gasteiger partial charge in [-0.25, -0.2) is 8.78 Å². The molecule has 0 spiro atoms. The largest absolute Gasteiger partial charge is 0.329 e. The first-order valence-electron chi connectivity index (χ1n) is 10.2. The van der Waals surface area contributed by atoms with Crippen LogP contribution >= 0.6 is 0 Å². The minimum atomic E-state index is -1.05. The van der Waals surface area contributed by atoms with Crippen LogP contribution < -0.4 is 10.5 Å². The minimum absolute atomic E-state index is 0.0708. The summed E-state index contributed by atoms with van der Waals surface area (Å²) < 4.78 is 29.3. The van der Waals surface area contributed by atoms with Gasteiger partial charge in [0.2, 0.25) is 5.62 Å². The number of aromatic nitrogens is 2. The predicted molar refractivity (Wildman–Crippen MR) is 125 cm³/mol. The van der Waals surface area contributed by atoms with Crippen molar-refractivity contribution < 1.29 is 8.78 Å². The molecule has 0 atom stereocenters. The Morgan fingerprint density at radius 1 is 1.06 bits per heavy atom. The second kappa shape index (κ2) is 10.8. The molecule has 0 unspecified atom stereocenters. The summed E-state index contributed by atoms with van der Waals surface area (Å²) in [5.41, 5.74) is 2.21. The molecule has 0 fully saturated rings. The van der Waals surface area contributed by atoms with E-state index in [9.17, 15) is 8.78 Å². The molecule has 1 heterocycles. The number of hydrogen-bond acceptors (Lipinski definition) is 4. The van der Waals surface area contributed by atoms with E-state index in [1.54, 1.807) is 11.9 Å². The van der Waals surface area contributed by atoms with Crippen molar-refractivity contribution in [2.75, 3.05) is 11.9 Å². The van der Waals surface area contributed by atoms with Crippen molar-refractivity contribution in [1.82, 2.24) is 9.55 Å². The molecule has 2 N–H and O–H groups in total. The number of hydrogen-bond donors (Lipinski definition) is 2. The van der Waals surface area contributed by atoms with Gasteiger partial charge in [-0.1, -0.05) is 53.7 Å². The van der Waals surface area contributed by atoms with Crippen LogP contribution in [-0.2, 0) is 0 Å². The van der Waals surface area contributed by atoms with Gasteiger partial charge in [0, 0.05) is 12.7 Å². The van der Waals surface area contributed by atoms with Crippen LogP contribution in [-0.4, -0.2) is 22.9 Å². The van der Waals surface area contributed by atoms with E-state index in [1.807, 2.05) is 45.0 Å². The Morgan fingerprint density at radius 3 is 2.16 bits per heavy atom. The fourth-order valence-electron chi connectivity index (χ4n) is 2.61. The Morgan fingerprint density at radius 2 is 1.65 bits per heavy atom. The summed E-state index contributed by atoms with van der Waals surface area (Å²) in [7, 11) is 1.68. The number of rotatable bonds is 3. The molecule has 0 saturated heterocycles. The van der Waals surface area contributed by atoms with E-state index in [0.29, 0.717) is 5.41 Å². The van der Waals surface area contributed by atoms with Gasteiger partial charge < -0.3 is 4.90 Å². The topological polar surface area (TPSA) is 68.8 Å². The maximum absolute atomic E-state index is 14.5. The molecular formula is C24H33F2N5. The number of nitrogens with one attached hydrogen (secondary N) is 2. The van der Waals surface area contributed by atoms with Gasteiger partial charge in [0.15, 0.2) is 11.6 Å². The van der Waals surface area contributed by atoms with Gasteiger partial charge in [0.05, 0.1) is 17.2 Å². The van der Waals surface area contributed by atoms with Gasteiger partial charge in [-0.2, -0.15) is 4.98 Å². The van der Waals surface area contributed by atoms with Crippen LogP contribution in [0.1, 0.15) is 47.1 Å². The van der Waals surface area contributed by atoms with Crippen LogP contribution in [0.4, 0.5) is 20.3 Å². The van der Waals surface area contributed by atoms with Crippen molar-refractivity contribution in [3.8, 4) is 0 Å². The standard InChI is InChI=1S/C17H15F2N5.C5H12.C2H6/c1-10-4-3-5-11(8-10)23(2)16-14-13(7-6-12(18)15(14)19)24(9-20)17(21)22-16;1-5(2,3)4;1-2/h3-9,20-21H,1-2H3;1-4H3;1-2H3. The quantitative estimate of drug-likeness (QED) is 0.373. The first kappa shape index (κ1) is 25.9. The highest BCUT2D eigenvalue weighted by Gasteiger charge is 2.19. The molecule has 0 amide bonds. The SMILES string of the molecule is CC.CC(C)(C)C.Cc1cccc(N(C)c2nc(=N)n(C=N)c3ccc(F)c(F)c23)c1. The number of nitrogens with zero attached hydrogens (tertiary/aromatic N) is 3. The molecular weight excluding hydrogens is 396 g/mol. The third-order valence-electron chi connectivity index (χ3n) is 3.83. The van der Waals surface area contributed by atoms with Gasteiger partial charge in [-0.3, -0.25) is 15.4 Å². The lowest BCUT2D eigenvalue weighted by molar-refractivity contribution is 0.469. The lowest BCUT2D eigenvalue weighted by atomic mass is 10.0. The van der Waals surface area contributed by atoms with Crippen molar-refractivity contribution in [2.24, 2.45) is 5.41 Å². The van der Waals surface area contributed by atoms with Crippen molar-refractivity contribution in [3.05, 3.63) is 59.2 Å². The van der Waals surface area contributed by atoms with E-state index < -0.39 is 11.6 Å². The van der Waals surface area contributed by atoms with Crippen LogP contribution in [0.5, 0.6) is 0 Å². The smallest absolute Gasteiger partial charge is 0.229 e. The van der Waals surface area contributed by atoms with Gasteiger partial charge >= 0.3 is 0 Å². The number of anilines is 2. The molecule has 0 aliphatic heterocycles. The molecule has 0 aliphatic carbocycles. The van der Waals surface area contributed by atoms with Crippen LogP contribution in [0, 0.1) is 34.8 Å². The molecule has 1 aromatic heterocycles. The zero-order valence-corrected chi connectivity index (χ0v) is 19.6. The Hall–Kier alpha value is -3.09. The zero-order valence-electron chi connectivity index (χ0n) is 19.6. The number of aryl methyl sites for hydroxylation is 1. The van der Waals surface area contributed by atoms with Gasteiger partial charge in [0.25, 0.3) is 0 Å². The summed E-state index contributed by atoms with van der Waals surface area (Å²) in [6, 6.07) is 9.79. The van der Waals surface area contributed by atoms with Crippen molar-refractivity contribution in [2.45, 2.75) is 48.5 Å². The fourth-order valence-corrected chi connectivity index (χ4v) is 2.61. The van der Waals surface area contributed by atoms with E-state index in [4.69, 9.17) is 10.8 Å². The monoisotopic (exact) mass is 429 g/mol. The second-order valence-corrected chi connectivity index (χ2v) is 8.41. The lowest BCUT2D eigenvalue weighted by Crippen LogP contribution is -2.27. The normalized spacial score (nSPS) is 10.5. The van der Waals surface area contributed by atoms with Gasteiger partial charge in [-0.15, -0.1) is 0 Å². The molecule has 3 rings (SSSR count). The fraction of sp³-hybridized carbons (Fsp3) is 0.375. The second-order valence-electron chi connectivity index (χ2n) is 8.41. The molecule has 7 heteroatoms. The molecule has 31 heavy (non-hydrogen) atoms. The van der Waals surface area contributed by atoms with Crippen molar-refractivity contribution >= 4 is 28.7 Å². The Kier molecular flexibility index (Phi) is 9.03. The maximum atomic E-state index is 14.5.